The predicted molar refractivity (Wildman–Crippen MR) is 134 cm³/mol. The van der Waals surface area contributed by atoms with Gasteiger partial charge in [0.2, 0.25) is 0 Å². The van der Waals surface area contributed by atoms with Gasteiger partial charge in [0, 0.05) is 45.4 Å². The molecule has 0 spiro atoms. The first-order valence-corrected chi connectivity index (χ1v) is 11.2. The SMILES string of the molecule is CCNC(=NCCCOCC1CCOC1)NCCCCOCCc1ccccc1.I. The van der Waals surface area contributed by atoms with E-state index in [1.165, 1.54) is 5.56 Å². The van der Waals surface area contributed by atoms with E-state index in [1.807, 2.05) is 6.07 Å². The molecule has 0 aliphatic carbocycles. The van der Waals surface area contributed by atoms with E-state index in [9.17, 15) is 0 Å². The van der Waals surface area contributed by atoms with Crippen LogP contribution in [0.25, 0.3) is 0 Å². The Hall–Kier alpha value is -0.900. The summed E-state index contributed by atoms with van der Waals surface area (Å²) in [5.41, 5.74) is 1.33. The first-order valence-electron chi connectivity index (χ1n) is 11.2. The highest BCUT2D eigenvalue weighted by molar-refractivity contribution is 14.0. The van der Waals surface area contributed by atoms with Gasteiger partial charge >= 0.3 is 0 Å². The van der Waals surface area contributed by atoms with Gasteiger partial charge in [0.1, 0.15) is 0 Å². The Balaban J connectivity index is 0.00000450. The van der Waals surface area contributed by atoms with E-state index < -0.39 is 0 Å². The van der Waals surface area contributed by atoms with Crippen molar-refractivity contribution >= 4 is 29.9 Å². The molecule has 0 saturated carbocycles. The van der Waals surface area contributed by atoms with Gasteiger partial charge in [0.25, 0.3) is 0 Å². The van der Waals surface area contributed by atoms with Crippen LogP contribution >= 0.6 is 24.0 Å². The molecule has 0 radical (unpaired) electrons. The quantitative estimate of drug-likeness (QED) is 0.156. The third kappa shape index (κ3) is 13.4. The second-order valence-electron chi connectivity index (χ2n) is 7.40. The van der Waals surface area contributed by atoms with E-state index in [1.54, 1.807) is 0 Å². The first kappa shape index (κ1) is 27.1. The van der Waals surface area contributed by atoms with Gasteiger partial charge in [-0.15, -0.1) is 24.0 Å². The lowest BCUT2D eigenvalue weighted by atomic mass is 10.1. The topological polar surface area (TPSA) is 64.1 Å². The Kier molecular flexibility index (Phi) is 17.0. The van der Waals surface area contributed by atoms with Crippen molar-refractivity contribution in [1.82, 2.24) is 10.6 Å². The molecule has 30 heavy (non-hydrogen) atoms. The lowest BCUT2D eigenvalue weighted by Gasteiger charge is -2.12. The van der Waals surface area contributed by atoms with Crippen molar-refractivity contribution in [3.8, 4) is 0 Å². The number of rotatable bonds is 15. The van der Waals surface area contributed by atoms with Crippen molar-refractivity contribution in [2.75, 3.05) is 59.3 Å². The molecule has 1 fully saturated rings. The Morgan fingerprint density at radius 2 is 1.90 bits per heavy atom. The van der Waals surface area contributed by atoms with Gasteiger partial charge in [-0.05, 0) is 44.6 Å². The van der Waals surface area contributed by atoms with Crippen molar-refractivity contribution in [2.45, 2.75) is 39.0 Å². The highest BCUT2D eigenvalue weighted by Gasteiger charge is 2.15. The van der Waals surface area contributed by atoms with E-state index in [2.05, 4.69) is 46.8 Å². The van der Waals surface area contributed by atoms with E-state index in [-0.39, 0.29) is 24.0 Å². The zero-order valence-electron chi connectivity index (χ0n) is 18.4. The molecule has 172 valence electrons. The maximum atomic E-state index is 5.74. The Morgan fingerprint density at radius 3 is 2.67 bits per heavy atom. The Bertz CT molecular complexity index is 540. The van der Waals surface area contributed by atoms with Crippen LogP contribution in [-0.2, 0) is 20.6 Å². The van der Waals surface area contributed by atoms with Gasteiger partial charge in [-0.3, -0.25) is 4.99 Å². The Morgan fingerprint density at radius 1 is 1.07 bits per heavy atom. The molecular formula is C23H40IN3O3. The number of benzene rings is 1. The number of halogens is 1. The molecule has 0 bridgehead atoms. The normalized spacial score (nSPS) is 16.3. The maximum absolute atomic E-state index is 5.74. The van der Waals surface area contributed by atoms with E-state index >= 15 is 0 Å². The number of unbranched alkanes of at least 4 members (excludes halogenated alkanes) is 1. The minimum absolute atomic E-state index is 0. The third-order valence-corrected chi connectivity index (χ3v) is 4.82. The fourth-order valence-corrected chi connectivity index (χ4v) is 3.14. The van der Waals surface area contributed by atoms with Gasteiger partial charge < -0.3 is 24.8 Å². The molecular weight excluding hydrogens is 493 g/mol. The highest BCUT2D eigenvalue weighted by Crippen LogP contribution is 2.12. The molecule has 2 rings (SSSR count). The Labute approximate surface area is 199 Å². The number of aliphatic imine (C=N–C) groups is 1. The van der Waals surface area contributed by atoms with Gasteiger partial charge in [-0.2, -0.15) is 0 Å². The lowest BCUT2D eigenvalue weighted by Crippen LogP contribution is -2.38. The second-order valence-corrected chi connectivity index (χ2v) is 7.40. The molecule has 1 atom stereocenters. The molecule has 1 aromatic rings. The molecule has 2 N–H and O–H groups in total. The molecule has 1 saturated heterocycles. The molecule has 1 unspecified atom stereocenters. The molecule has 0 aromatic heterocycles. The molecule has 6 nitrogen and oxygen atoms in total. The van der Waals surface area contributed by atoms with Gasteiger partial charge in [0.15, 0.2) is 5.96 Å². The third-order valence-electron chi connectivity index (χ3n) is 4.82. The smallest absolute Gasteiger partial charge is 0.191 e. The minimum atomic E-state index is 0. The van der Waals surface area contributed by atoms with Crippen molar-refractivity contribution in [2.24, 2.45) is 10.9 Å². The zero-order valence-corrected chi connectivity index (χ0v) is 20.8. The summed E-state index contributed by atoms with van der Waals surface area (Å²) in [4.78, 5) is 4.62. The van der Waals surface area contributed by atoms with E-state index in [0.717, 1.165) is 97.3 Å². The van der Waals surface area contributed by atoms with Crippen molar-refractivity contribution in [3.05, 3.63) is 35.9 Å². The van der Waals surface area contributed by atoms with Crippen LogP contribution in [0, 0.1) is 5.92 Å². The summed E-state index contributed by atoms with van der Waals surface area (Å²) in [6.07, 6.45) is 5.18. The minimum Gasteiger partial charge on any atom is -0.381 e. The summed E-state index contributed by atoms with van der Waals surface area (Å²) in [5.74, 6) is 1.47. The van der Waals surface area contributed by atoms with Crippen LogP contribution in [0.5, 0.6) is 0 Å². The summed E-state index contributed by atoms with van der Waals surface area (Å²) in [7, 11) is 0. The van der Waals surface area contributed by atoms with Crippen LogP contribution < -0.4 is 10.6 Å². The van der Waals surface area contributed by atoms with Crippen molar-refractivity contribution in [1.29, 1.82) is 0 Å². The van der Waals surface area contributed by atoms with Crippen LogP contribution in [0.1, 0.15) is 38.2 Å². The molecule has 1 aliphatic rings. The number of ether oxygens (including phenoxy) is 3. The van der Waals surface area contributed by atoms with Crippen molar-refractivity contribution < 1.29 is 14.2 Å². The van der Waals surface area contributed by atoms with Gasteiger partial charge in [-0.1, -0.05) is 30.3 Å². The largest absolute Gasteiger partial charge is 0.381 e. The fraction of sp³-hybridized carbons (Fsp3) is 0.696. The maximum Gasteiger partial charge on any atom is 0.191 e. The van der Waals surface area contributed by atoms with Gasteiger partial charge in [-0.25, -0.2) is 0 Å². The first-order chi connectivity index (χ1) is 14.4. The van der Waals surface area contributed by atoms with Crippen LogP contribution in [0.4, 0.5) is 0 Å². The molecule has 7 heteroatoms. The summed E-state index contributed by atoms with van der Waals surface area (Å²) < 4.78 is 16.8. The molecule has 1 heterocycles. The number of guanidine groups is 1. The van der Waals surface area contributed by atoms with Crippen molar-refractivity contribution in [3.63, 3.8) is 0 Å². The monoisotopic (exact) mass is 533 g/mol. The number of hydrogen-bond donors (Lipinski definition) is 2. The number of nitrogens with zero attached hydrogens (tertiary/aromatic N) is 1. The van der Waals surface area contributed by atoms with Crippen LogP contribution in [0.15, 0.2) is 35.3 Å². The molecule has 0 amide bonds. The van der Waals surface area contributed by atoms with Gasteiger partial charge in [0.05, 0.1) is 19.8 Å². The van der Waals surface area contributed by atoms with Crippen LogP contribution in [0.3, 0.4) is 0 Å². The van der Waals surface area contributed by atoms with E-state index in [4.69, 9.17) is 14.2 Å². The van der Waals surface area contributed by atoms with E-state index in [0.29, 0.717) is 5.92 Å². The summed E-state index contributed by atoms with van der Waals surface area (Å²) in [5, 5.41) is 6.70. The highest BCUT2D eigenvalue weighted by atomic mass is 127. The lowest BCUT2D eigenvalue weighted by molar-refractivity contribution is 0.0893. The van der Waals surface area contributed by atoms with Crippen LogP contribution in [-0.4, -0.2) is 65.2 Å². The molecule has 1 aromatic carbocycles. The fourth-order valence-electron chi connectivity index (χ4n) is 3.14. The standard InChI is InChI=1S/C23H39N3O3.HI/c1-2-24-23(26-14-8-16-28-19-22-12-18-29-20-22)25-13-6-7-15-27-17-11-21-9-4-3-5-10-21;/h3-5,9-10,22H,2,6-8,11-20H2,1H3,(H2,24,25,26);1H. The summed E-state index contributed by atoms with van der Waals surface area (Å²) in [6, 6.07) is 10.5. The summed E-state index contributed by atoms with van der Waals surface area (Å²) >= 11 is 0. The summed E-state index contributed by atoms with van der Waals surface area (Å²) in [6.45, 7) is 9.56. The number of hydrogen-bond acceptors (Lipinski definition) is 4. The molecule has 1 aliphatic heterocycles. The number of nitrogens with one attached hydrogen (secondary N) is 2. The zero-order chi connectivity index (χ0) is 20.4. The predicted octanol–water partition coefficient (Wildman–Crippen LogP) is 3.64. The second kappa shape index (κ2) is 18.8. The average molecular weight is 533 g/mol. The average Bonchev–Trinajstić information content (AvgIpc) is 3.26. The van der Waals surface area contributed by atoms with Crippen LogP contribution in [0.2, 0.25) is 0 Å².